The lowest BCUT2D eigenvalue weighted by Crippen LogP contribution is -2.04. The summed E-state index contributed by atoms with van der Waals surface area (Å²) < 4.78 is 39.8. The molecule has 2 aromatic rings. The Labute approximate surface area is 126 Å². The van der Waals surface area contributed by atoms with Crippen LogP contribution in [0.4, 0.5) is 18.9 Å². The molecule has 7 heteroatoms. The van der Waals surface area contributed by atoms with Gasteiger partial charge >= 0.3 is 0 Å². The van der Waals surface area contributed by atoms with E-state index >= 15 is 0 Å². The summed E-state index contributed by atoms with van der Waals surface area (Å²) in [6.07, 6.45) is 0.0686. The van der Waals surface area contributed by atoms with Crippen molar-refractivity contribution in [3.8, 4) is 0 Å². The second-order valence-corrected chi connectivity index (χ2v) is 5.43. The van der Waals surface area contributed by atoms with Crippen LogP contribution >= 0.6 is 15.9 Å². The number of halogens is 4. The van der Waals surface area contributed by atoms with Crippen LogP contribution in [0.25, 0.3) is 0 Å². The number of alkyl halides is 1. The molecule has 0 saturated carbocycles. The zero-order valence-corrected chi connectivity index (χ0v) is 12.1. The van der Waals surface area contributed by atoms with Crippen LogP contribution in [0, 0.1) is 27.6 Å². The Morgan fingerprint density at radius 3 is 2.43 bits per heavy atom. The van der Waals surface area contributed by atoms with Gasteiger partial charge in [0.1, 0.15) is 0 Å². The number of hydrogen-bond donors (Lipinski definition) is 0. The van der Waals surface area contributed by atoms with Crippen molar-refractivity contribution in [2.24, 2.45) is 0 Å². The summed E-state index contributed by atoms with van der Waals surface area (Å²) in [4.78, 5) is 9.65. The minimum atomic E-state index is -1.56. The van der Waals surface area contributed by atoms with Gasteiger partial charge in [-0.3, -0.25) is 10.1 Å². The Morgan fingerprint density at radius 1 is 1.10 bits per heavy atom. The summed E-state index contributed by atoms with van der Waals surface area (Å²) in [7, 11) is 0. The first-order chi connectivity index (χ1) is 9.91. The summed E-state index contributed by atoms with van der Waals surface area (Å²) in [5, 5.41) is 10.9. The molecule has 0 heterocycles. The van der Waals surface area contributed by atoms with E-state index in [0.29, 0.717) is 5.56 Å². The van der Waals surface area contributed by atoms with Crippen LogP contribution in [0.15, 0.2) is 36.4 Å². The fraction of sp³-hybridized carbons (Fsp3) is 0.143. The van der Waals surface area contributed by atoms with Crippen molar-refractivity contribution in [1.29, 1.82) is 0 Å². The van der Waals surface area contributed by atoms with E-state index in [9.17, 15) is 23.3 Å². The lowest BCUT2D eigenvalue weighted by molar-refractivity contribution is -0.385. The number of para-hydroxylation sites is 1. The van der Waals surface area contributed by atoms with Gasteiger partial charge in [-0.15, -0.1) is 0 Å². The van der Waals surface area contributed by atoms with Crippen molar-refractivity contribution in [3.63, 3.8) is 0 Å². The van der Waals surface area contributed by atoms with Crippen LogP contribution in [0.5, 0.6) is 0 Å². The van der Waals surface area contributed by atoms with Crippen molar-refractivity contribution < 1.29 is 18.1 Å². The zero-order valence-electron chi connectivity index (χ0n) is 10.5. The maximum absolute atomic E-state index is 13.7. The number of rotatable bonds is 4. The number of nitrogens with zero attached hydrogens (tertiary/aromatic N) is 1. The molecule has 1 atom stereocenters. The Morgan fingerprint density at radius 2 is 1.76 bits per heavy atom. The van der Waals surface area contributed by atoms with Crippen LogP contribution in [0.1, 0.15) is 16.0 Å². The molecule has 0 fully saturated rings. The highest BCUT2D eigenvalue weighted by Gasteiger charge is 2.22. The molecule has 0 aliphatic rings. The second kappa shape index (κ2) is 6.26. The third kappa shape index (κ3) is 3.24. The number of nitro groups is 1. The third-order valence-corrected chi connectivity index (χ3v) is 3.81. The molecular formula is C14H9BrF3NO2. The van der Waals surface area contributed by atoms with E-state index in [1.165, 1.54) is 18.2 Å². The molecular weight excluding hydrogens is 351 g/mol. The predicted molar refractivity (Wildman–Crippen MR) is 74.8 cm³/mol. The largest absolute Gasteiger partial charge is 0.272 e. The summed E-state index contributed by atoms with van der Waals surface area (Å²) in [6.45, 7) is 0. The average Bonchev–Trinajstić information content (AvgIpc) is 2.45. The highest BCUT2D eigenvalue weighted by atomic mass is 79.9. The standard InChI is InChI=1S/C14H9BrF3NO2/c15-10(9-5-6-11(16)14(18)13(9)17)7-8-3-1-2-4-12(8)19(20)21/h1-6,10H,7H2. The molecule has 0 bridgehead atoms. The first kappa shape index (κ1) is 15.5. The van der Waals surface area contributed by atoms with E-state index in [1.54, 1.807) is 6.07 Å². The van der Waals surface area contributed by atoms with E-state index in [-0.39, 0.29) is 17.7 Å². The molecule has 0 spiro atoms. The van der Waals surface area contributed by atoms with Gasteiger partial charge in [0.15, 0.2) is 17.5 Å². The van der Waals surface area contributed by atoms with Crippen molar-refractivity contribution in [1.82, 2.24) is 0 Å². The topological polar surface area (TPSA) is 43.1 Å². The van der Waals surface area contributed by atoms with E-state index in [0.717, 1.165) is 12.1 Å². The Hall–Kier alpha value is -1.89. The van der Waals surface area contributed by atoms with Crippen LogP contribution < -0.4 is 0 Å². The summed E-state index contributed by atoms with van der Waals surface area (Å²) in [6, 6.07) is 7.93. The van der Waals surface area contributed by atoms with E-state index in [1.807, 2.05) is 0 Å². The molecule has 110 valence electrons. The lowest BCUT2D eigenvalue weighted by atomic mass is 10.0. The summed E-state index contributed by atoms with van der Waals surface area (Å²) in [5.74, 6) is -4.13. The van der Waals surface area contributed by atoms with E-state index in [4.69, 9.17) is 0 Å². The lowest BCUT2D eigenvalue weighted by Gasteiger charge is -2.12. The molecule has 3 nitrogen and oxygen atoms in total. The first-order valence-corrected chi connectivity index (χ1v) is 6.83. The number of hydrogen-bond acceptors (Lipinski definition) is 2. The van der Waals surface area contributed by atoms with Crippen LogP contribution in [-0.4, -0.2) is 4.92 Å². The fourth-order valence-electron chi connectivity index (χ4n) is 1.95. The highest BCUT2D eigenvalue weighted by Crippen LogP contribution is 2.33. The zero-order chi connectivity index (χ0) is 15.6. The minimum Gasteiger partial charge on any atom is -0.258 e. The summed E-state index contributed by atoms with van der Waals surface area (Å²) in [5.41, 5.74) is 0.172. The van der Waals surface area contributed by atoms with Gasteiger partial charge < -0.3 is 0 Å². The van der Waals surface area contributed by atoms with Gasteiger partial charge in [-0.2, -0.15) is 0 Å². The monoisotopic (exact) mass is 359 g/mol. The number of nitro benzene ring substituents is 1. The van der Waals surface area contributed by atoms with Crippen molar-refractivity contribution in [2.75, 3.05) is 0 Å². The normalized spacial score (nSPS) is 12.2. The number of benzene rings is 2. The van der Waals surface area contributed by atoms with Crippen molar-refractivity contribution in [2.45, 2.75) is 11.2 Å². The van der Waals surface area contributed by atoms with Gasteiger partial charge in [0.05, 0.1) is 4.92 Å². The van der Waals surface area contributed by atoms with Gasteiger partial charge in [-0.05, 0) is 12.5 Å². The SMILES string of the molecule is O=[N+]([O-])c1ccccc1CC(Br)c1ccc(F)c(F)c1F. The van der Waals surface area contributed by atoms with Crippen molar-refractivity contribution >= 4 is 21.6 Å². The Bertz CT molecular complexity index is 694. The Balaban J connectivity index is 2.33. The molecule has 0 amide bonds. The molecule has 0 radical (unpaired) electrons. The molecule has 0 N–H and O–H groups in total. The molecule has 0 aromatic heterocycles. The minimum absolute atomic E-state index is 0.0686. The predicted octanol–water partition coefficient (Wildman–Crippen LogP) is 4.69. The molecule has 2 aromatic carbocycles. The second-order valence-electron chi connectivity index (χ2n) is 4.32. The van der Waals surface area contributed by atoms with Gasteiger partial charge in [-0.25, -0.2) is 13.2 Å². The maximum Gasteiger partial charge on any atom is 0.272 e. The maximum atomic E-state index is 13.7. The smallest absolute Gasteiger partial charge is 0.258 e. The molecule has 2 rings (SSSR count). The first-order valence-electron chi connectivity index (χ1n) is 5.91. The van der Waals surface area contributed by atoms with Gasteiger partial charge in [0.25, 0.3) is 5.69 Å². The average molecular weight is 360 g/mol. The highest BCUT2D eigenvalue weighted by molar-refractivity contribution is 9.09. The summed E-state index contributed by atoms with van der Waals surface area (Å²) >= 11 is 3.16. The van der Waals surface area contributed by atoms with Gasteiger partial charge in [-0.1, -0.05) is 40.2 Å². The third-order valence-electron chi connectivity index (χ3n) is 2.99. The molecule has 1 unspecified atom stereocenters. The van der Waals surface area contributed by atoms with Crippen LogP contribution in [0.2, 0.25) is 0 Å². The van der Waals surface area contributed by atoms with E-state index in [2.05, 4.69) is 15.9 Å². The molecule has 0 aliphatic carbocycles. The quantitative estimate of drug-likeness (QED) is 0.344. The van der Waals surface area contributed by atoms with Crippen molar-refractivity contribution in [3.05, 3.63) is 75.1 Å². The van der Waals surface area contributed by atoms with E-state index < -0.39 is 27.2 Å². The molecule has 0 aliphatic heterocycles. The van der Waals surface area contributed by atoms with Crippen LogP contribution in [0.3, 0.4) is 0 Å². The Kier molecular flexibility index (Phi) is 4.62. The van der Waals surface area contributed by atoms with Gasteiger partial charge in [0, 0.05) is 22.0 Å². The molecule has 0 saturated heterocycles. The van der Waals surface area contributed by atoms with Crippen LogP contribution in [-0.2, 0) is 6.42 Å². The fourth-order valence-corrected chi connectivity index (χ4v) is 2.65. The molecule has 21 heavy (non-hydrogen) atoms. The van der Waals surface area contributed by atoms with Gasteiger partial charge in [0.2, 0.25) is 0 Å².